The lowest BCUT2D eigenvalue weighted by molar-refractivity contribution is 0.356. The van der Waals surface area contributed by atoms with Gasteiger partial charge >= 0.3 is 0 Å². The van der Waals surface area contributed by atoms with Crippen molar-refractivity contribution < 1.29 is 4.39 Å². The Bertz CT molecular complexity index is 225. The first-order chi connectivity index (χ1) is 4.70. The van der Waals surface area contributed by atoms with E-state index in [4.69, 9.17) is 5.73 Å². The van der Waals surface area contributed by atoms with Crippen molar-refractivity contribution in [3.05, 3.63) is 33.4 Å². The lowest BCUT2D eigenvalue weighted by Crippen LogP contribution is -2.02. The highest BCUT2D eigenvalue weighted by atomic mass is 127. The molecule has 0 heterocycles. The van der Waals surface area contributed by atoms with E-state index in [1.54, 1.807) is 18.2 Å². The molecule has 1 rings (SSSR count). The molecule has 1 aromatic carbocycles. The van der Waals surface area contributed by atoms with Crippen LogP contribution in [-0.2, 0) is 0 Å². The summed E-state index contributed by atoms with van der Waals surface area (Å²) in [6, 6.07) is 7.08. The molecule has 0 bridgehead atoms. The van der Waals surface area contributed by atoms with E-state index < -0.39 is 6.30 Å². The maximum Gasteiger partial charge on any atom is 0.174 e. The summed E-state index contributed by atoms with van der Waals surface area (Å²) in [6.45, 7) is 0. The Labute approximate surface area is 72.6 Å². The maximum absolute atomic E-state index is 12.4. The van der Waals surface area contributed by atoms with Crippen LogP contribution in [0.4, 0.5) is 4.39 Å². The molecule has 2 N–H and O–H groups in total. The van der Waals surface area contributed by atoms with Gasteiger partial charge in [-0.05, 0) is 34.7 Å². The number of hydrogen-bond donors (Lipinski definition) is 1. The second kappa shape index (κ2) is 3.30. The highest BCUT2D eigenvalue weighted by molar-refractivity contribution is 14.1. The van der Waals surface area contributed by atoms with Crippen LogP contribution in [0.1, 0.15) is 11.9 Å². The van der Waals surface area contributed by atoms with E-state index in [1.807, 2.05) is 6.07 Å². The van der Waals surface area contributed by atoms with E-state index in [-0.39, 0.29) is 0 Å². The molecule has 0 aliphatic rings. The molecule has 1 aromatic rings. The van der Waals surface area contributed by atoms with Crippen LogP contribution in [0, 0.1) is 3.57 Å². The summed E-state index contributed by atoms with van der Waals surface area (Å²) in [6.07, 6.45) is -1.35. The number of hydrogen-bond acceptors (Lipinski definition) is 1. The van der Waals surface area contributed by atoms with Gasteiger partial charge in [-0.3, -0.25) is 5.73 Å². The predicted molar refractivity (Wildman–Crippen MR) is 47.2 cm³/mol. The number of benzene rings is 1. The Morgan fingerprint density at radius 1 is 1.50 bits per heavy atom. The van der Waals surface area contributed by atoms with Gasteiger partial charge in [0.05, 0.1) is 0 Å². The number of alkyl halides is 1. The molecule has 0 aliphatic carbocycles. The van der Waals surface area contributed by atoms with Crippen molar-refractivity contribution in [2.24, 2.45) is 5.73 Å². The molecule has 0 radical (unpaired) electrons. The zero-order chi connectivity index (χ0) is 7.56. The molecule has 0 fully saturated rings. The van der Waals surface area contributed by atoms with Crippen LogP contribution in [0.5, 0.6) is 0 Å². The van der Waals surface area contributed by atoms with Gasteiger partial charge in [-0.2, -0.15) is 0 Å². The fourth-order valence-electron chi connectivity index (χ4n) is 0.678. The van der Waals surface area contributed by atoms with Crippen molar-refractivity contribution in [1.29, 1.82) is 0 Å². The zero-order valence-corrected chi connectivity index (χ0v) is 7.38. The van der Waals surface area contributed by atoms with Crippen molar-refractivity contribution in [2.45, 2.75) is 6.30 Å². The van der Waals surface area contributed by atoms with E-state index >= 15 is 0 Å². The van der Waals surface area contributed by atoms with Gasteiger partial charge in [0.1, 0.15) is 0 Å². The predicted octanol–water partition coefficient (Wildman–Crippen LogP) is 2.22. The molecule has 10 heavy (non-hydrogen) atoms. The van der Waals surface area contributed by atoms with Crippen LogP contribution >= 0.6 is 22.6 Å². The molecule has 0 aliphatic heterocycles. The third kappa shape index (κ3) is 1.91. The molecule has 54 valence electrons. The van der Waals surface area contributed by atoms with Crippen LogP contribution in [0.3, 0.4) is 0 Å². The first-order valence-electron chi connectivity index (χ1n) is 2.85. The first-order valence-corrected chi connectivity index (χ1v) is 3.93. The molecule has 3 heteroatoms. The molecule has 0 amide bonds. The Morgan fingerprint density at radius 2 is 2.20 bits per heavy atom. The lowest BCUT2D eigenvalue weighted by Gasteiger charge is -2.00. The van der Waals surface area contributed by atoms with E-state index in [0.29, 0.717) is 5.56 Å². The second-order valence-corrected chi connectivity index (χ2v) is 3.20. The van der Waals surface area contributed by atoms with Crippen LogP contribution in [0.2, 0.25) is 0 Å². The van der Waals surface area contributed by atoms with E-state index in [9.17, 15) is 4.39 Å². The monoisotopic (exact) mass is 251 g/mol. The SMILES string of the molecule is NC(F)c1cccc(I)c1. The number of nitrogens with two attached hydrogens (primary N) is 1. The Balaban J connectivity index is 2.96. The molecule has 0 aromatic heterocycles. The fraction of sp³-hybridized carbons (Fsp3) is 0.143. The molecule has 1 unspecified atom stereocenters. The second-order valence-electron chi connectivity index (χ2n) is 1.96. The Kier molecular flexibility index (Phi) is 2.62. The highest BCUT2D eigenvalue weighted by Gasteiger charge is 2.00. The Hall–Kier alpha value is -0.160. The van der Waals surface area contributed by atoms with E-state index in [0.717, 1.165) is 3.57 Å². The Morgan fingerprint density at radius 3 is 2.60 bits per heavy atom. The average molecular weight is 251 g/mol. The van der Waals surface area contributed by atoms with Gasteiger partial charge in [0, 0.05) is 9.13 Å². The molecule has 1 nitrogen and oxygen atoms in total. The van der Waals surface area contributed by atoms with Crippen molar-refractivity contribution in [2.75, 3.05) is 0 Å². The van der Waals surface area contributed by atoms with Gasteiger partial charge in [0.25, 0.3) is 0 Å². The van der Waals surface area contributed by atoms with Crippen molar-refractivity contribution in [1.82, 2.24) is 0 Å². The summed E-state index contributed by atoms with van der Waals surface area (Å²) in [4.78, 5) is 0. The van der Waals surface area contributed by atoms with Crippen LogP contribution in [-0.4, -0.2) is 0 Å². The minimum absolute atomic E-state index is 0.534. The number of halogens is 2. The van der Waals surface area contributed by atoms with E-state index in [2.05, 4.69) is 22.6 Å². The van der Waals surface area contributed by atoms with Crippen LogP contribution in [0.25, 0.3) is 0 Å². The summed E-state index contributed by atoms with van der Waals surface area (Å²) in [5.74, 6) is 0. The molecule has 0 spiro atoms. The van der Waals surface area contributed by atoms with Crippen LogP contribution < -0.4 is 5.73 Å². The molecule has 0 saturated carbocycles. The van der Waals surface area contributed by atoms with Gasteiger partial charge < -0.3 is 0 Å². The zero-order valence-electron chi connectivity index (χ0n) is 5.22. The third-order valence-electron chi connectivity index (χ3n) is 1.17. The van der Waals surface area contributed by atoms with Crippen LogP contribution in [0.15, 0.2) is 24.3 Å². The van der Waals surface area contributed by atoms with Crippen molar-refractivity contribution in [3.8, 4) is 0 Å². The highest BCUT2D eigenvalue weighted by Crippen LogP contribution is 2.14. The van der Waals surface area contributed by atoms with Crippen molar-refractivity contribution >= 4 is 22.6 Å². The molecule has 0 saturated heterocycles. The summed E-state index contributed by atoms with van der Waals surface area (Å²) in [5.41, 5.74) is 5.55. The van der Waals surface area contributed by atoms with Gasteiger partial charge in [0.15, 0.2) is 6.30 Å². The molecule has 1 atom stereocenters. The standard InChI is InChI=1S/C7H7FIN/c8-7(10)5-2-1-3-6(9)4-5/h1-4,7H,10H2. The smallest absolute Gasteiger partial charge is 0.174 e. The number of rotatable bonds is 1. The molecular weight excluding hydrogens is 244 g/mol. The fourth-order valence-corrected chi connectivity index (χ4v) is 1.25. The minimum Gasteiger partial charge on any atom is -0.298 e. The first kappa shape index (κ1) is 7.94. The normalized spacial score (nSPS) is 13.1. The molecular formula is C7H7FIN. The minimum atomic E-state index is -1.35. The maximum atomic E-state index is 12.4. The van der Waals surface area contributed by atoms with Gasteiger partial charge in [0.2, 0.25) is 0 Å². The summed E-state index contributed by atoms with van der Waals surface area (Å²) in [7, 11) is 0. The average Bonchev–Trinajstić information content (AvgIpc) is 1.88. The van der Waals surface area contributed by atoms with E-state index in [1.165, 1.54) is 0 Å². The topological polar surface area (TPSA) is 26.0 Å². The lowest BCUT2D eigenvalue weighted by atomic mass is 10.2. The summed E-state index contributed by atoms with van der Waals surface area (Å²) >= 11 is 2.12. The van der Waals surface area contributed by atoms with Crippen molar-refractivity contribution in [3.63, 3.8) is 0 Å². The summed E-state index contributed by atoms with van der Waals surface area (Å²) in [5, 5.41) is 0. The third-order valence-corrected chi connectivity index (χ3v) is 1.84. The van der Waals surface area contributed by atoms with Gasteiger partial charge in [-0.15, -0.1) is 0 Å². The quantitative estimate of drug-likeness (QED) is 0.601. The van der Waals surface area contributed by atoms with Gasteiger partial charge in [-0.25, -0.2) is 4.39 Å². The van der Waals surface area contributed by atoms with Gasteiger partial charge in [-0.1, -0.05) is 12.1 Å². The largest absolute Gasteiger partial charge is 0.298 e. The summed E-state index contributed by atoms with van der Waals surface area (Å²) < 4.78 is 13.4.